The number of ether oxygens (including phenoxy) is 3. The molecule has 204 valence electrons. The van der Waals surface area contributed by atoms with Gasteiger partial charge >= 0.3 is 30.3 Å². The Morgan fingerprint density at radius 1 is 0.730 bits per heavy atom. The van der Waals surface area contributed by atoms with Crippen molar-refractivity contribution in [1.29, 1.82) is 0 Å². The van der Waals surface area contributed by atoms with E-state index in [1.54, 1.807) is 0 Å². The van der Waals surface area contributed by atoms with Gasteiger partial charge in [-0.25, -0.2) is 14.4 Å². The maximum absolute atomic E-state index is 13.8. The molecule has 0 amide bonds. The number of alkyl halides is 6. The Morgan fingerprint density at radius 2 is 1.14 bits per heavy atom. The standard InChI is InChI=1S/C24H26F6NO6/c1-4-20(32)35-12-9-31(10-13-36-21(33)5-2,11-14-37-22(34)6-3)16-17-7-8-18(23(25,26)27)15-19(17)24(28,29)30/h4-8,15H,1-3,9-14,16H2/q+1. The number of hydrogen-bond acceptors (Lipinski definition) is 6. The summed E-state index contributed by atoms with van der Waals surface area (Å²) in [6.45, 7) is 7.66. The van der Waals surface area contributed by atoms with E-state index in [4.69, 9.17) is 14.2 Å². The lowest BCUT2D eigenvalue weighted by atomic mass is 10.0. The molecule has 0 radical (unpaired) electrons. The smallest absolute Gasteiger partial charge is 0.416 e. The normalized spacial score (nSPS) is 11.8. The van der Waals surface area contributed by atoms with Gasteiger partial charge in [0.1, 0.15) is 46.0 Å². The van der Waals surface area contributed by atoms with E-state index in [2.05, 4.69) is 19.7 Å². The lowest BCUT2D eigenvalue weighted by Crippen LogP contribution is -2.53. The van der Waals surface area contributed by atoms with Crippen LogP contribution >= 0.6 is 0 Å². The zero-order valence-electron chi connectivity index (χ0n) is 19.7. The Bertz CT molecular complexity index is 938. The van der Waals surface area contributed by atoms with Gasteiger partial charge in [0.25, 0.3) is 0 Å². The van der Waals surface area contributed by atoms with E-state index < -0.39 is 58.0 Å². The number of halogens is 6. The zero-order valence-corrected chi connectivity index (χ0v) is 19.7. The molecule has 0 aliphatic rings. The highest BCUT2D eigenvalue weighted by molar-refractivity contribution is 5.81. The van der Waals surface area contributed by atoms with E-state index in [-0.39, 0.29) is 45.5 Å². The van der Waals surface area contributed by atoms with E-state index in [9.17, 15) is 40.7 Å². The summed E-state index contributed by atoms with van der Waals surface area (Å²) in [5.41, 5.74) is -3.50. The fourth-order valence-corrected chi connectivity index (χ4v) is 3.28. The van der Waals surface area contributed by atoms with Gasteiger partial charge in [-0.2, -0.15) is 26.3 Å². The first-order valence-electron chi connectivity index (χ1n) is 10.7. The van der Waals surface area contributed by atoms with Crippen LogP contribution in [0, 0.1) is 0 Å². The second-order valence-corrected chi connectivity index (χ2v) is 7.65. The Kier molecular flexibility index (Phi) is 11.6. The molecule has 0 heterocycles. The van der Waals surface area contributed by atoms with Crippen LogP contribution in [0.5, 0.6) is 0 Å². The Balaban J connectivity index is 3.49. The third-order valence-electron chi connectivity index (χ3n) is 5.18. The van der Waals surface area contributed by atoms with Gasteiger partial charge < -0.3 is 18.7 Å². The summed E-state index contributed by atoms with van der Waals surface area (Å²) in [5, 5.41) is 0. The van der Waals surface area contributed by atoms with Crippen molar-refractivity contribution in [3.8, 4) is 0 Å². The minimum atomic E-state index is -5.13. The van der Waals surface area contributed by atoms with Gasteiger partial charge in [0.15, 0.2) is 0 Å². The first-order valence-corrected chi connectivity index (χ1v) is 10.7. The SMILES string of the molecule is C=CC(=O)OCC[N+](CCOC(=O)C=C)(CCOC(=O)C=C)Cc1ccc(C(F)(F)F)cc1C(F)(F)F. The van der Waals surface area contributed by atoms with Gasteiger partial charge in [-0.3, -0.25) is 0 Å². The molecule has 1 rings (SSSR count). The summed E-state index contributed by atoms with van der Waals surface area (Å²) in [6.07, 6.45) is -7.55. The maximum atomic E-state index is 13.8. The van der Waals surface area contributed by atoms with Crippen LogP contribution in [0.3, 0.4) is 0 Å². The molecule has 0 aliphatic heterocycles. The van der Waals surface area contributed by atoms with Gasteiger partial charge in [0, 0.05) is 23.8 Å². The van der Waals surface area contributed by atoms with Crippen LogP contribution < -0.4 is 0 Å². The van der Waals surface area contributed by atoms with Crippen LogP contribution in [-0.2, 0) is 47.5 Å². The number of rotatable bonds is 14. The molecular weight excluding hydrogens is 512 g/mol. The lowest BCUT2D eigenvalue weighted by Gasteiger charge is -2.39. The van der Waals surface area contributed by atoms with Crippen LogP contribution in [0.25, 0.3) is 0 Å². The highest BCUT2D eigenvalue weighted by Crippen LogP contribution is 2.38. The van der Waals surface area contributed by atoms with Gasteiger partial charge in [0.05, 0.1) is 11.1 Å². The fourth-order valence-electron chi connectivity index (χ4n) is 3.28. The average molecular weight is 538 g/mol. The monoisotopic (exact) mass is 538 g/mol. The second-order valence-electron chi connectivity index (χ2n) is 7.65. The van der Waals surface area contributed by atoms with Gasteiger partial charge in [-0.1, -0.05) is 25.8 Å². The van der Waals surface area contributed by atoms with E-state index in [0.717, 1.165) is 18.2 Å². The van der Waals surface area contributed by atoms with E-state index >= 15 is 0 Å². The number of quaternary nitrogens is 1. The summed E-state index contributed by atoms with van der Waals surface area (Å²) in [7, 11) is 0. The van der Waals surface area contributed by atoms with Crippen LogP contribution in [-0.4, -0.2) is 61.8 Å². The number of esters is 3. The molecule has 0 N–H and O–H groups in total. The Labute approximate surface area is 209 Å². The molecule has 0 aromatic heterocycles. The second kappa shape index (κ2) is 13.6. The molecule has 0 atom stereocenters. The topological polar surface area (TPSA) is 78.9 Å². The van der Waals surface area contributed by atoms with Gasteiger partial charge in [-0.05, 0) is 12.1 Å². The van der Waals surface area contributed by atoms with Gasteiger partial charge in [0.2, 0.25) is 0 Å². The van der Waals surface area contributed by atoms with Crippen LogP contribution in [0.2, 0.25) is 0 Å². The summed E-state index contributed by atoms with van der Waals surface area (Å²) < 4.78 is 95.1. The number of hydrogen-bond donors (Lipinski definition) is 0. The molecule has 0 bridgehead atoms. The van der Waals surface area contributed by atoms with Crippen molar-refractivity contribution in [1.82, 2.24) is 0 Å². The molecule has 0 saturated heterocycles. The molecule has 13 heteroatoms. The maximum Gasteiger partial charge on any atom is 0.416 e. The van der Waals surface area contributed by atoms with Crippen molar-refractivity contribution in [3.05, 3.63) is 72.9 Å². The van der Waals surface area contributed by atoms with E-state index in [1.165, 1.54) is 0 Å². The van der Waals surface area contributed by atoms with Crippen molar-refractivity contribution >= 4 is 17.9 Å². The molecule has 0 saturated carbocycles. The number of benzene rings is 1. The van der Waals surface area contributed by atoms with E-state index in [0.29, 0.717) is 12.1 Å². The first kappa shape index (κ1) is 31.4. The summed E-state index contributed by atoms with van der Waals surface area (Å²) in [6, 6.07) is 1.24. The van der Waals surface area contributed by atoms with Crippen LogP contribution in [0.4, 0.5) is 26.3 Å². The summed E-state index contributed by atoms with van der Waals surface area (Å²) in [4.78, 5) is 34.5. The van der Waals surface area contributed by atoms with Crippen LogP contribution in [0.15, 0.2) is 56.2 Å². The van der Waals surface area contributed by atoms with E-state index in [1.807, 2.05) is 0 Å². The first-order chi connectivity index (χ1) is 17.2. The molecule has 1 aromatic carbocycles. The van der Waals surface area contributed by atoms with Crippen molar-refractivity contribution in [3.63, 3.8) is 0 Å². The van der Waals surface area contributed by atoms with Crippen molar-refractivity contribution < 1.29 is 59.4 Å². The Morgan fingerprint density at radius 3 is 1.46 bits per heavy atom. The molecule has 0 spiro atoms. The predicted molar refractivity (Wildman–Crippen MR) is 118 cm³/mol. The molecule has 7 nitrogen and oxygen atoms in total. The molecule has 1 aromatic rings. The zero-order chi connectivity index (χ0) is 28.3. The highest BCUT2D eigenvalue weighted by atomic mass is 19.4. The predicted octanol–water partition coefficient (Wildman–Crippen LogP) is 4.23. The van der Waals surface area contributed by atoms with Gasteiger partial charge in [-0.15, -0.1) is 0 Å². The third kappa shape index (κ3) is 10.5. The third-order valence-corrected chi connectivity index (χ3v) is 5.18. The van der Waals surface area contributed by atoms with Crippen molar-refractivity contribution in [2.24, 2.45) is 0 Å². The molecular formula is C24H26F6NO6+. The average Bonchev–Trinajstić information content (AvgIpc) is 2.82. The quantitative estimate of drug-likeness (QED) is 0.116. The minimum absolute atomic E-state index is 0.0111. The minimum Gasteiger partial charge on any atom is -0.457 e. The molecule has 0 aliphatic carbocycles. The number of carbonyl (C=O) groups excluding carboxylic acids is 3. The highest BCUT2D eigenvalue weighted by Gasteiger charge is 2.40. The molecule has 0 unspecified atom stereocenters. The van der Waals surface area contributed by atoms with Crippen LogP contribution in [0.1, 0.15) is 16.7 Å². The Hall–Kier alpha value is -3.61. The lowest BCUT2D eigenvalue weighted by molar-refractivity contribution is -0.941. The molecule has 37 heavy (non-hydrogen) atoms. The summed E-state index contributed by atoms with van der Waals surface area (Å²) in [5.74, 6) is -2.46. The van der Waals surface area contributed by atoms with Crippen molar-refractivity contribution in [2.45, 2.75) is 18.9 Å². The summed E-state index contributed by atoms with van der Waals surface area (Å²) >= 11 is 0. The molecule has 0 fully saturated rings. The fraction of sp³-hybridized carbons (Fsp3) is 0.375. The number of carbonyl (C=O) groups is 3. The largest absolute Gasteiger partial charge is 0.457 e. The number of nitrogens with zero attached hydrogens (tertiary/aromatic N) is 1. The van der Waals surface area contributed by atoms with Crippen molar-refractivity contribution in [2.75, 3.05) is 39.5 Å².